The van der Waals surface area contributed by atoms with Gasteiger partial charge in [-0.3, -0.25) is 9.89 Å². The van der Waals surface area contributed by atoms with Crippen LogP contribution in [0, 0.1) is 0 Å². The van der Waals surface area contributed by atoms with Crippen molar-refractivity contribution in [1.82, 2.24) is 30.5 Å². The van der Waals surface area contributed by atoms with E-state index in [4.69, 9.17) is 0 Å². The van der Waals surface area contributed by atoms with Crippen molar-refractivity contribution in [2.75, 3.05) is 13.1 Å². The Hall–Kier alpha value is -3.48. The summed E-state index contributed by atoms with van der Waals surface area (Å²) in [6.07, 6.45) is 3.88. The first-order valence-electron chi connectivity index (χ1n) is 9.48. The molecule has 4 aromatic rings. The van der Waals surface area contributed by atoms with E-state index in [1.54, 1.807) is 6.07 Å². The predicted octanol–water partition coefficient (Wildman–Crippen LogP) is 3.37. The fourth-order valence-corrected chi connectivity index (χ4v) is 4.01. The summed E-state index contributed by atoms with van der Waals surface area (Å²) in [6, 6.07) is 15.7. The van der Waals surface area contributed by atoms with Crippen LogP contribution in [-0.2, 0) is 0 Å². The fourth-order valence-electron chi connectivity index (χ4n) is 4.01. The van der Waals surface area contributed by atoms with Gasteiger partial charge in [-0.15, -0.1) is 0 Å². The molecule has 0 spiro atoms. The van der Waals surface area contributed by atoms with E-state index in [2.05, 4.69) is 37.7 Å². The van der Waals surface area contributed by atoms with Crippen molar-refractivity contribution in [3.05, 3.63) is 66.0 Å². The van der Waals surface area contributed by atoms with Crippen LogP contribution in [0.4, 0.5) is 0 Å². The highest BCUT2D eigenvalue weighted by Gasteiger charge is 2.28. The molecule has 1 saturated heterocycles. The summed E-state index contributed by atoms with van der Waals surface area (Å²) in [7, 11) is 0. The van der Waals surface area contributed by atoms with E-state index in [1.807, 2.05) is 41.4 Å². The third-order valence-electron chi connectivity index (χ3n) is 5.43. The Morgan fingerprint density at radius 1 is 1.07 bits per heavy atom. The molecule has 28 heavy (non-hydrogen) atoms. The summed E-state index contributed by atoms with van der Waals surface area (Å²) in [5.74, 6) is 0.279. The average Bonchev–Trinajstić information content (AvgIpc) is 3.43. The first kappa shape index (κ1) is 16.7. The molecule has 2 N–H and O–H groups in total. The van der Waals surface area contributed by atoms with Gasteiger partial charge in [0.25, 0.3) is 5.91 Å². The molecule has 0 radical (unpaired) electrons. The zero-order chi connectivity index (χ0) is 18.9. The van der Waals surface area contributed by atoms with E-state index in [1.165, 1.54) is 0 Å². The lowest BCUT2D eigenvalue weighted by Crippen LogP contribution is -2.39. The number of carbonyl (C=O) groups is 1. The van der Waals surface area contributed by atoms with Crippen LogP contribution in [0.5, 0.6) is 0 Å². The van der Waals surface area contributed by atoms with Crippen molar-refractivity contribution in [3.63, 3.8) is 0 Å². The van der Waals surface area contributed by atoms with Gasteiger partial charge in [-0.05, 0) is 36.6 Å². The zero-order valence-electron chi connectivity index (χ0n) is 15.3. The quantitative estimate of drug-likeness (QED) is 0.577. The van der Waals surface area contributed by atoms with Gasteiger partial charge in [0.05, 0.1) is 6.20 Å². The first-order valence-corrected chi connectivity index (χ1v) is 9.48. The Balaban J connectivity index is 1.39. The fraction of sp³-hybridized carbons (Fsp3) is 0.238. The van der Waals surface area contributed by atoms with Crippen molar-refractivity contribution in [2.45, 2.75) is 18.8 Å². The Morgan fingerprint density at radius 2 is 1.93 bits per heavy atom. The summed E-state index contributed by atoms with van der Waals surface area (Å²) in [5.41, 5.74) is 5.48. The van der Waals surface area contributed by atoms with Crippen LogP contribution in [0.15, 0.2) is 54.7 Å². The monoisotopic (exact) mass is 372 g/mol. The highest BCUT2D eigenvalue weighted by Crippen LogP contribution is 2.33. The molecule has 5 rings (SSSR count). The smallest absolute Gasteiger partial charge is 0.253 e. The number of carbonyl (C=O) groups excluding carboxylic acids is 1. The molecule has 0 bridgehead atoms. The second-order valence-corrected chi connectivity index (χ2v) is 7.18. The Kier molecular flexibility index (Phi) is 4.12. The molecule has 1 fully saturated rings. The van der Waals surface area contributed by atoms with Gasteiger partial charge >= 0.3 is 0 Å². The van der Waals surface area contributed by atoms with Crippen molar-refractivity contribution < 1.29 is 4.79 Å². The number of nitrogens with zero attached hydrogens (tertiary/aromatic N) is 4. The van der Waals surface area contributed by atoms with Crippen molar-refractivity contribution in [2.24, 2.45) is 0 Å². The van der Waals surface area contributed by atoms with Crippen molar-refractivity contribution in [3.8, 4) is 11.1 Å². The lowest BCUT2D eigenvalue weighted by molar-refractivity contribution is 0.0706. The predicted molar refractivity (Wildman–Crippen MR) is 106 cm³/mol. The molecular formula is C21H20N6O. The molecule has 3 heterocycles. The maximum atomic E-state index is 13.1. The van der Waals surface area contributed by atoms with Crippen LogP contribution in [0.1, 0.15) is 34.8 Å². The number of aromatic nitrogens is 5. The highest BCUT2D eigenvalue weighted by atomic mass is 16.2. The number of hydrogen-bond acceptors (Lipinski definition) is 4. The average molecular weight is 372 g/mol. The molecule has 1 aliphatic heterocycles. The molecule has 7 heteroatoms. The van der Waals surface area contributed by atoms with Crippen LogP contribution in [0.2, 0.25) is 0 Å². The summed E-state index contributed by atoms with van der Waals surface area (Å²) in [6.45, 7) is 1.44. The Morgan fingerprint density at radius 3 is 2.82 bits per heavy atom. The largest absolute Gasteiger partial charge is 0.338 e. The van der Waals surface area contributed by atoms with Crippen LogP contribution >= 0.6 is 0 Å². The van der Waals surface area contributed by atoms with Crippen LogP contribution in [-0.4, -0.2) is 49.5 Å². The minimum Gasteiger partial charge on any atom is -0.338 e. The molecular weight excluding hydrogens is 352 g/mol. The summed E-state index contributed by atoms with van der Waals surface area (Å²) in [5, 5.41) is 18.2. The normalized spacial score (nSPS) is 17.1. The second-order valence-electron chi connectivity index (χ2n) is 7.18. The maximum absolute atomic E-state index is 13.1. The molecule has 7 nitrogen and oxygen atoms in total. The number of amides is 1. The molecule has 0 unspecified atom stereocenters. The van der Waals surface area contributed by atoms with E-state index >= 15 is 0 Å². The van der Waals surface area contributed by atoms with Crippen LogP contribution < -0.4 is 0 Å². The van der Waals surface area contributed by atoms with E-state index in [0.717, 1.165) is 41.7 Å². The zero-order valence-corrected chi connectivity index (χ0v) is 15.3. The van der Waals surface area contributed by atoms with Gasteiger partial charge < -0.3 is 4.90 Å². The Labute approximate surface area is 161 Å². The first-order chi connectivity index (χ1) is 13.8. The number of hydrogen-bond donors (Lipinski definition) is 2. The molecule has 1 aliphatic rings. The molecule has 140 valence electrons. The highest BCUT2D eigenvalue weighted by molar-refractivity contribution is 5.97. The minimum atomic E-state index is 0.0374. The minimum absolute atomic E-state index is 0.0374. The molecule has 0 aliphatic carbocycles. The van der Waals surface area contributed by atoms with E-state index < -0.39 is 0 Å². The number of likely N-dealkylation sites (tertiary alicyclic amines) is 1. The van der Waals surface area contributed by atoms with Crippen LogP contribution in [0.3, 0.4) is 0 Å². The summed E-state index contributed by atoms with van der Waals surface area (Å²) >= 11 is 0. The number of aromatic amines is 2. The number of benzene rings is 2. The van der Waals surface area contributed by atoms with E-state index in [9.17, 15) is 4.79 Å². The SMILES string of the molecule is O=C(c1ccc2n[nH]nc2c1)N1CCC[C@@H](c2[nH]ncc2-c2ccccc2)C1. The molecule has 2 aromatic carbocycles. The van der Waals surface area contributed by atoms with Crippen molar-refractivity contribution in [1.29, 1.82) is 0 Å². The third kappa shape index (κ3) is 2.94. The lowest BCUT2D eigenvalue weighted by atomic mass is 9.90. The number of rotatable bonds is 3. The van der Waals surface area contributed by atoms with Gasteiger partial charge in [-0.2, -0.15) is 20.5 Å². The van der Waals surface area contributed by atoms with E-state index in [-0.39, 0.29) is 11.8 Å². The summed E-state index contributed by atoms with van der Waals surface area (Å²) in [4.78, 5) is 15.0. The molecule has 0 saturated carbocycles. The second kappa shape index (κ2) is 6.92. The van der Waals surface area contributed by atoms with Crippen molar-refractivity contribution >= 4 is 16.9 Å². The van der Waals surface area contributed by atoms with Gasteiger partial charge in [0, 0.05) is 35.8 Å². The van der Waals surface area contributed by atoms with Gasteiger partial charge in [0.15, 0.2) is 0 Å². The summed E-state index contributed by atoms with van der Waals surface area (Å²) < 4.78 is 0. The van der Waals surface area contributed by atoms with Gasteiger partial charge in [0.1, 0.15) is 11.0 Å². The van der Waals surface area contributed by atoms with Gasteiger partial charge in [-0.25, -0.2) is 0 Å². The lowest BCUT2D eigenvalue weighted by Gasteiger charge is -2.32. The van der Waals surface area contributed by atoms with Crippen LogP contribution in [0.25, 0.3) is 22.2 Å². The standard InChI is InChI=1S/C21H20N6O/c28-21(15-8-9-18-19(11-15)24-26-23-18)27-10-4-7-16(13-27)20-17(12-22-25-20)14-5-2-1-3-6-14/h1-3,5-6,8-9,11-12,16H,4,7,10,13H2,(H,22,25)(H,23,24,26)/t16-/m1/s1. The Bertz CT molecular complexity index is 1120. The van der Waals surface area contributed by atoms with E-state index in [0.29, 0.717) is 17.6 Å². The number of nitrogens with one attached hydrogen (secondary N) is 2. The number of piperidine rings is 1. The molecule has 1 atom stereocenters. The van der Waals surface area contributed by atoms with Gasteiger partial charge in [-0.1, -0.05) is 30.3 Å². The number of fused-ring (bicyclic) bond motifs is 1. The van der Waals surface area contributed by atoms with Gasteiger partial charge in [0.2, 0.25) is 0 Å². The molecule has 1 amide bonds. The third-order valence-corrected chi connectivity index (χ3v) is 5.43. The molecule has 2 aromatic heterocycles. The number of H-pyrrole nitrogens is 2. The topological polar surface area (TPSA) is 90.6 Å². The maximum Gasteiger partial charge on any atom is 0.253 e.